The van der Waals surface area contributed by atoms with Crippen LogP contribution >= 0.6 is 0 Å². The zero-order valence-corrected chi connectivity index (χ0v) is 7.09. The van der Waals surface area contributed by atoms with Gasteiger partial charge in [-0.25, -0.2) is 4.79 Å². The highest BCUT2D eigenvalue weighted by atomic mass is 16.2. The molecule has 5 nitrogen and oxygen atoms in total. The molecule has 0 aromatic carbocycles. The molecule has 0 saturated carbocycles. The monoisotopic (exact) mass is 181 g/mol. The van der Waals surface area contributed by atoms with Crippen LogP contribution in [0.15, 0.2) is 15.7 Å². The van der Waals surface area contributed by atoms with Crippen LogP contribution in [-0.2, 0) is 0 Å². The minimum atomic E-state index is -0.422. The third-order valence-electron chi connectivity index (χ3n) is 2.28. The standard InChI is InChI=1S/C8H11N3O2/c12-7-3-6(10-8(13)11-7)5-1-2-9-4-5/h3,5,9H,1-2,4H2,(H2,10,11,12,13). The first-order valence-electron chi connectivity index (χ1n) is 4.30. The summed E-state index contributed by atoms with van der Waals surface area (Å²) in [6.07, 6.45) is 0.972. The van der Waals surface area contributed by atoms with E-state index >= 15 is 0 Å². The normalized spacial score (nSPS) is 22.0. The van der Waals surface area contributed by atoms with Crippen molar-refractivity contribution in [2.24, 2.45) is 0 Å². The third kappa shape index (κ3) is 1.70. The lowest BCUT2D eigenvalue weighted by Gasteiger charge is -2.06. The fraction of sp³-hybridized carbons (Fsp3) is 0.500. The Morgan fingerprint density at radius 2 is 2.15 bits per heavy atom. The van der Waals surface area contributed by atoms with Crippen LogP contribution in [0.1, 0.15) is 18.0 Å². The molecule has 1 saturated heterocycles. The van der Waals surface area contributed by atoms with E-state index in [9.17, 15) is 9.59 Å². The van der Waals surface area contributed by atoms with Crippen LogP contribution in [0.2, 0.25) is 0 Å². The molecule has 5 heteroatoms. The zero-order chi connectivity index (χ0) is 9.26. The van der Waals surface area contributed by atoms with Gasteiger partial charge in [0.05, 0.1) is 0 Å². The second kappa shape index (κ2) is 3.18. The number of aromatic nitrogens is 2. The largest absolute Gasteiger partial charge is 0.325 e. The van der Waals surface area contributed by atoms with E-state index in [-0.39, 0.29) is 11.5 Å². The summed E-state index contributed by atoms with van der Waals surface area (Å²) in [5, 5.41) is 3.18. The van der Waals surface area contributed by atoms with Gasteiger partial charge in [0, 0.05) is 24.2 Å². The second-order valence-electron chi connectivity index (χ2n) is 3.23. The summed E-state index contributed by atoms with van der Waals surface area (Å²) in [6, 6.07) is 1.46. The summed E-state index contributed by atoms with van der Waals surface area (Å²) in [4.78, 5) is 26.7. The molecule has 2 heterocycles. The summed E-state index contributed by atoms with van der Waals surface area (Å²) in [5.74, 6) is 0.273. The molecule has 0 spiro atoms. The van der Waals surface area contributed by atoms with E-state index in [1.807, 2.05) is 0 Å². The number of H-pyrrole nitrogens is 2. The van der Waals surface area contributed by atoms with Gasteiger partial charge >= 0.3 is 5.69 Å². The minimum Gasteiger partial charge on any atom is -0.316 e. The van der Waals surface area contributed by atoms with Gasteiger partial charge in [0.1, 0.15) is 0 Å². The van der Waals surface area contributed by atoms with Crippen molar-refractivity contribution in [3.8, 4) is 0 Å². The molecule has 1 fully saturated rings. The van der Waals surface area contributed by atoms with Crippen LogP contribution in [0, 0.1) is 0 Å². The van der Waals surface area contributed by atoms with Crippen molar-refractivity contribution in [2.45, 2.75) is 12.3 Å². The first kappa shape index (κ1) is 8.25. The number of hydrogen-bond donors (Lipinski definition) is 3. The third-order valence-corrected chi connectivity index (χ3v) is 2.28. The van der Waals surface area contributed by atoms with Crippen LogP contribution in [-0.4, -0.2) is 23.1 Å². The number of rotatable bonds is 1. The molecule has 1 aliphatic rings. The molecular formula is C8H11N3O2. The van der Waals surface area contributed by atoms with Gasteiger partial charge in [-0.1, -0.05) is 0 Å². The molecule has 0 bridgehead atoms. The quantitative estimate of drug-likeness (QED) is 0.527. The van der Waals surface area contributed by atoms with Crippen molar-refractivity contribution >= 4 is 0 Å². The lowest BCUT2D eigenvalue weighted by molar-refractivity contribution is 0.721. The Hall–Kier alpha value is -1.36. The Morgan fingerprint density at radius 3 is 2.77 bits per heavy atom. The molecule has 1 atom stereocenters. The van der Waals surface area contributed by atoms with Crippen molar-refractivity contribution in [3.63, 3.8) is 0 Å². The van der Waals surface area contributed by atoms with Gasteiger partial charge in [-0.3, -0.25) is 9.78 Å². The second-order valence-corrected chi connectivity index (χ2v) is 3.23. The average molecular weight is 181 g/mol. The molecule has 0 aliphatic carbocycles. The van der Waals surface area contributed by atoms with Crippen LogP contribution in [0.3, 0.4) is 0 Å². The van der Waals surface area contributed by atoms with E-state index in [0.29, 0.717) is 0 Å². The SMILES string of the molecule is O=c1cc(C2CCNC2)[nH]c(=O)[nH]1. The zero-order valence-electron chi connectivity index (χ0n) is 7.09. The van der Waals surface area contributed by atoms with Crippen molar-refractivity contribution < 1.29 is 0 Å². The predicted octanol–water partition coefficient (Wildman–Crippen LogP) is -0.860. The van der Waals surface area contributed by atoms with Crippen molar-refractivity contribution in [1.82, 2.24) is 15.3 Å². The molecule has 1 aromatic heterocycles. The molecular weight excluding hydrogens is 170 g/mol. The topological polar surface area (TPSA) is 77.8 Å². The molecule has 0 amide bonds. The van der Waals surface area contributed by atoms with Crippen LogP contribution < -0.4 is 16.6 Å². The molecule has 2 rings (SSSR count). The van der Waals surface area contributed by atoms with Crippen molar-refractivity contribution in [1.29, 1.82) is 0 Å². The molecule has 0 radical (unpaired) electrons. The average Bonchev–Trinajstić information content (AvgIpc) is 2.53. The minimum absolute atomic E-state index is 0.273. The summed E-state index contributed by atoms with van der Waals surface area (Å²) >= 11 is 0. The number of aromatic amines is 2. The Balaban J connectivity index is 2.39. The van der Waals surface area contributed by atoms with Crippen LogP contribution in [0.5, 0.6) is 0 Å². The fourth-order valence-electron chi connectivity index (χ4n) is 1.63. The van der Waals surface area contributed by atoms with Gasteiger partial charge in [0.2, 0.25) is 0 Å². The molecule has 1 aromatic rings. The smallest absolute Gasteiger partial charge is 0.316 e. The summed E-state index contributed by atoms with van der Waals surface area (Å²) in [6.45, 7) is 1.78. The van der Waals surface area contributed by atoms with E-state index in [2.05, 4.69) is 15.3 Å². The Labute approximate surface area is 74.2 Å². The first-order valence-corrected chi connectivity index (χ1v) is 4.30. The van der Waals surface area contributed by atoms with E-state index in [1.165, 1.54) is 6.07 Å². The maximum atomic E-state index is 11.0. The van der Waals surface area contributed by atoms with Gasteiger partial charge in [0.25, 0.3) is 5.56 Å². The van der Waals surface area contributed by atoms with Gasteiger partial charge in [0.15, 0.2) is 0 Å². The Bertz CT molecular complexity index is 372. The number of hydrogen-bond acceptors (Lipinski definition) is 3. The maximum Gasteiger partial charge on any atom is 0.325 e. The van der Waals surface area contributed by atoms with Gasteiger partial charge in [-0.2, -0.15) is 0 Å². The van der Waals surface area contributed by atoms with E-state index in [4.69, 9.17) is 0 Å². The molecule has 1 aliphatic heterocycles. The molecule has 3 N–H and O–H groups in total. The summed E-state index contributed by atoms with van der Waals surface area (Å²) in [7, 11) is 0. The lowest BCUT2D eigenvalue weighted by Crippen LogP contribution is -2.24. The maximum absolute atomic E-state index is 11.0. The fourth-order valence-corrected chi connectivity index (χ4v) is 1.63. The molecule has 1 unspecified atom stereocenters. The van der Waals surface area contributed by atoms with Gasteiger partial charge < -0.3 is 10.3 Å². The van der Waals surface area contributed by atoms with Crippen LogP contribution in [0.25, 0.3) is 0 Å². The van der Waals surface area contributed by atoms with Gasteiger partial charge in [-0.05, 0) is 13.0 Å². The number of nitrogens with one attached hydrogen (secondary N) is 3. The highest BCUT2D eigenvalue weighted by molar-refractivity contribution is 5.08. The highest BCUT2D eigenvalue weighted by Crippen LogP contribution is 2.17. The molecule has 70 valence electrons. The van der Waals surface area contributed by atoms with Gasteiger partial charge in [-0.15, -0.1) is 0 Å². The van der Waals surface area contributed by atoms with E-state index in [0.717, 1.165) is 25.2 Å². The van der Waals surface area contributed by atoms with Crippen LogP contribution in [0.4, 0.5) is 0 Å². The van der Waals surface area contributed by atoms with E-state index in [1.54, 1.807) is 0 Å². The van der Waals surface area contributed by atoms with Crippen molar-refractivity contribution in [2.75, 3.05) is 13.1 Å². The Kier molecular flexibility index (Phi) is 2.02. The lowest BCUT2D eigenvalue weighted by atomic mass is 10.1. The first-order chi connectivity index (χ1) is 6.25. The van der Waals surface area contributed by atoms with E-state index < -0.39 is 5.69 Å². The Morgan fingerprint density at radius 1 is 1.31 bits per heavy atom. The predicted molar refractivity (Wildman–Crippen MR) is 47.9 cm³/mol. The molecule has 13 heavy (non-hydrogen) atoms. The highest BCUT2D eigenvalue weighted by Gasteiger charge is 2.17. The summed E-state index contributed by atoms with van der Waals surface area (Å²) in [5.41, 5.74) is -0.0150. The van der Waals surface area contributed by atoms with Crippen molar-refractivity contribution in [3.05, 3.63) is 32.6 Å². The summed E-state index contributed by atoms with van der Waals surface area (Å²) < 4.78 is 0.